The highest BCUT2D eigenvalue weighted by molar-refractivity contribution is 5.74. The van der Waals surface area contributed by atoms with Crippen LogP contribution in [0.2, 0.25) is 0 Å². The van der Waals surface area contributed by atoms with Crippen LogP contribution in [-0.4, -0.2) is 6.54 Å². The van der Waals surface area contributed by atoms with Gasteiger partial charge in [0.2, 0.25) is 0 Å². The average Bonchev–Trinajstić information content (AvgIpc) is 2.68. The van der Waals surface area contributed by atoms with Gasteiger partial charge in [0.15, 0.2) is 0 Å². The monoisotopic (exact) mass is 349 g/mol. The lowest BCUT2D eigenvalue weighted by molar-refractivity contribution is 0.577. The van der Waals surface area contributed by atoms with Crippen molar-refractivity contribution in [3.63, 3.8) is 0 Å². The van der Waals surface area contributed by atoms with E-state index in [9.17, 15) is 8.78 Å². The first-order valence-corrected chi connectivity index (χ1v) is 8.29. The molecule has 5 heteroatoms. The van der Waals surface area contributed by atoms with Crippen molar-refractivity contribution in [1.82, 2.24) is 5.53 Å². The van der Waals surface area contributed by atoms with E-state index in [1.807, 2.05) is 71.9 Å². The van der Waals surface area contributed by atoms with Gasteiger partial charge in [-0.1, -0.05) is 48.5 Å². The van der Waals surface area contributed by atoms with Crippen molar-refractivity contribution < 1.29 is 8.78 Å². The molecule has 0 aliphatic carbocycles. The fourth-order valence-corrected chi connectivity index (χ4v) is 2.95. The molecule has 0 aromatic heterocycles. The van der Waals surface area contributed by atoms with Crippen LogP contribution >= 0.6 is 0 Å². The molecular formula is C21H17F2N3. The van der Waals surface area contributed by atoms with Gasteiger partial charge in [-0.25, -0.2) is 8.78 Å². The molecule has 26 heavy (non-hydrogen) atoms. The molecule has 3 aromatic carbocycles. The average molecular weight is 349 g/mol. The number of hydrogen-bond acceptors (Lipinski definition) is 3. The van der Waals surface area contributed by atoms with E-state index < -0.39 is 11.6 Å². The first-order valence-electron chi connectivity index (χ1n) is 8.29. The first kappa shape index (κ1) is 16.3. The van der Waals surface area contributed by atoms with E-state index in [1.54, 1.807) is 5.01 Å². The van der Waals surface area contributed by atoms with Gasteiger partial charge in [0.05, 0.1) is 17.9 Å². The summed E-state index contributed by atoms with van der Waals surface area (Å²) in [7, 11) is 0. The second-order valence-electron chi connectivity index (χ2n) is 6.04. The van der Waals surface area contributed by atoms with E-state index in [2.05, 4.69) is 5.53 Å². The maximum absolute atomic E-state index is 13.7. The van der Waals surface area contributed by atoms with E-state index in [0.717, 1.165) is 22.9 Å². The Kier molecular flexibility index (Phi) is 4.37. The minimum absolute atomic E-state index is 0.386. The fraction of sp³-hybridized carbons (Fsp3) is 0.0476. The Morgan fingerprint density at radius 1 is 0.731 bits per heavy atom. The van der Waals surface area contributed by atoms with Crippen molar-refractivity contribution >= 4 is 16.9 Å². The van der Waals surface area contributed by atoms with Gasteiger partial charge >= 0.3 is 0 Å². The van der Waals surface area contributed by atoms with Gasteiger partial charge in [0, 0.05) is 12.3 Å². The number of hydrogen-bond donors (Lipinski definition) is 1. The number of para-hydroxylation sites is 1. The molecule has 0 radical (unpaired) electrons. The van der Waals surface area contributed by atoms with Crippen LogP contribution < -0.4 is 15.6 Å². The summed E-state index contributed by atoms with van der Waals surface area (Å²) in [5, 5.41) is 3.57. The number of hydrazine groups is 2. The van der Waals surface area contributed by atoms with Crippen molar-refractivity contribution in [3.8, 4) is 0 Å². The predicted molar refractivity (Wildman–Crippen MR) is 100 cm³/mol. The van der Waals surface area contributed by atoms with Gasteiger partial charge in [-0.05, 0) is 35.4 Å². The largest absolute Gasteiger partial charge is 0.286 e. The molecule has 1 aliphatic rings. The Hall–Kier alpha value is -3.18. The SMILES string of the molecule is Fc1cc(F)cc(N2C=C(c3ccccc3)CN(c3ccccc3)N2)c1. The minimum atomic E-state index is -0.617. The summed E-state index contributed by atoms with van der Waals surface area (Å²) in [4.78, 5) is 0. The van der Waals surface area contributed by atoms with Crippen LogP contribution in [0, 0.1) is 11.6 Å². The summed E-state index contributed by atoms with van der Waals surface area (Å²) in [5.74, 6) is -1.23. The van der Waals surface area contributed by atoms with Crippen molar-refractivity contribution in [2.75, 3.05) is 16.6 Å². The van der Waals surface area contributed by atoms with Gasteiger partial charge in [0.25, 0.3) is 0 Å². The summed E-state index contributed by atoms with van der Waals surface area (Å²) < 4.78 is 27.4. The number of rotatable bonds is 3. The van der Waals surface area contributed by atoms with E-state index in [1.165, 1.54) is 12.1 Å². The Balaban J connectivity index is 1.76. The van der Waals surface area contributed by atoms with Crippen LogP contribution in [0.4, 0.5) is 20.2 Å². The number of nitrogens with zero attached hydrogens (tertiary/aromatic N) is 2. The van der Waals surface area contributed by atoms with Gasteiger partial charge in [-0.3, -0.25) is 10.0 Å². The highest BCUT2D eigenvalue weighted by Gasteiger charge is 2.20. The zero-order valence-corrected chi connectivity index (χ0v) is 13.9. The number of benzene rings is 3. The lowest BCUT2D eigenvalue weighted by Crippen LogP contribution is -2.52. The predicted octanol–water partition coefficient (Wildman–Crippen LogP) is 4.75. The minimum Gasteiger partial charge on any atom is -0.286 e. The van der Waals surface area contributed by atoms with Gasteiger partial charge < -0.3 is 0 Å². The van der Waals surface area contributed by atoms with Crippen LogP contribution in [0.5, 0.6) is 0 Å². The molecule has 0 atom stereocenters. The maximum atomic E-state index is 13.7. The first-order chi connectivity index (χ1) is 12.7. The highest BCUT2D eigenvalue weighted by Crippen LogP contribution is 2.27. The fourth-order valence-electron chi connectivity index (χ4n) is 2.95. The normalized spacial score (nSPS) is 14.3. The topological polar surface area (TPSA) is 18.5 Å². The molecule has 0 saturated carbocycles. The molecule has 1 heterocycles. The van der Waals surface area contributed by atoms with Crippen LogP contribution in [0.1, 0.15) is 5.56 Å². The van der Waals surface area contributed by atoms with Crippen LogP contribution in [0.3, 0.4) is 0 Å². The molecule has 0 fully saturated rings. The molecular weight excluding hydrogens is 332 g/mol. The Morgan fingerprint density at radius 2 is 1.35 bits per heavy atom. The van der Waals surface area contributed by atoms with Crippen LogP contribution in [0.25, 0.3) is 5.57 Å². The van der Waals surface area contributed by atoms with E-state index in [0.29, 0.717) is 12.2 Å². The lowest BCUT2D eigenvalue weighted by atomic mass is 10.1. The highest BCUT2D eigenvalue weighted by atomic mass is 19.1. The standard InChI is InChI=1S/C21H17F2N3/c22-18-11-19(23)13-21(12-18)26-15-17(16-7-3-1-4-8-16)14-25(24-26)20-9-5-2-6-10-20/h1-13,15,24H,14H2. The molecule has 3 aromatic rings. The third-order valence-corrected chi connectivity index (χ3v) is 4.18. The molecule has 1 N–H and O–H groups in total. The maximum Gasteiger partial charge on any atom is 0.128 e. The molecule has 4 rings (SSSR count). The van der Waals surface area contributed by atoms with Gasteiger partial charge in [0.1, 0.15) is 11.6 Å². The molecule has 0 spiro atoms. The van der Waals surface area contributed by atoms with Crippen molar-refractivity contribution in [1.29, 1.82) is 0 Å². The Morgan fingerprint density at radius 3 is 2.00 bits per heavy atom. The van der Waals surface area contributed by atoms with Crippen LogP contribution in [0.15, 0.2) is 85.1 Å². The molecule has 0 saturated heterocycles. The molecule has 0 unspecified atom stereocenters. The number of halogens is 2. The van der Waals surface area contributed by atoms with Crippen LogP contribution in [-0.2, 0) is 0 Å². The second-order valence-corrected chi connectivity index (χ2v) is 6.04. The lowest BCUT2D eigenvalue weighted by Gasteiger charge is -2.37. The number of nitrogens with one attached hydrogen (secondary N) is 1. The molecule has 130 valence electrons. The summed E-state index contributed by atoms with van der Waals surface area (Å²) in [6.07, 6.45) is 1.86. The summed E-state index contributed by atoms with van der Waals surface area (Å²) >= 11 is 0. The van der Waals surface area contributed by atoms with E-state index in [4.69, 9.17) is 0 Å². The van der Waals surface area contributed by atoms with Crippen molar-refractivity contribution in [3.05, 3.63) is 102 Å². The van der Waals surface area contributed by atoms with E-state index >= 15 is 0 Å². The third kappa shape index (κ3) is 3.43. The smallest absolute Gasteiger partial charge is 0.128 e. The van der Waals surface area contributed by atoms with Crippen molar-refractivity contribution in [2.45, 2.75) is 0 Å². The third-order valence-electron chi connectivity index (χ3n) is 4.18. The number of anilines is 2. The Labute approximate surface area is 150 Å². The quantitative estimate of drug-likeness (QED) is 0.736. The summed E-state index contributed by atoms with van der Waals surface area (Å²) in [6.45, 7) is 0.613. The van der Waals surface area contributed by atoms with Gasteiger partial charge in [-0.2, -0.15) is 0 Å². The molecule has 0 amide bonds. The summed E-state index contributed by atoms with van der Waals surface area (Å²) in [5.41, 5.74) is 6.62. The molecule has 0 bridgehead atoms. The zero-order chi connectivity index (χ0) is 17.9. The molecule has 1 aliphatic heterocycles. The Bertz CT molecular complexity index is 906. The second kappa shape index (κ2) is 6.98. The zero-order valence-electron chi connectivity index (χ0n) is 13.9. The summed E-state index contributed by atoms with van der Waals surface area (Å²) in [6, 6.07) is 23.2. The van der Waals surface area contributed by atoms with Crippen molar-refractivity contribution in [2.24, 2.45) is 0 Å². The molecule has 3 nitrogen and oxygen atoms in total. The van der Waals surface area contributed by atoms with E-state index in [-0.39, 0.29) is 0 Å². The van der Waals surface area contributed by atoms with Gasteiger partial charge in [-0.15, -0.1) is 5.53 Å².